The van der Waals surface area contributed by atoms with E-state index in [1.807, 2.05) is 0 Å². The van der Waals surface area contributed by atoms with Gasteiger partial charge in [0.05, 0.1) is 13.2 Å². The minimum absolute atomic E-state index is 0.0423. The van der Waals surface area contributed by atoms with Crippen LogP contribution in [0.25, 0.3) is 0 Å². The third kappa shape index (κ3) is 3.00. The fourth-order valence-corrected chi connectivity index (χ4v) is 1.07. The second kappa shape index (κ2) is 5.56. The molecule has 0 aliphatic heterocycles. The number of nitrogens with two attached hydrogens (primary N) is 1. The second-order valence-corrected chi connectivity index (χ2v) is 2.95. The number of nitrogens with zero attached hydrogens (tertiary/aromatic N) is 2. The first-order valence-corrected chi connectivity index (χ1v) is 4.48. The number of aliphatic hydroxyl groups excluding tert-OH is 3. The van der Waals surface area contributed by atoms with Crippen molar-refractivity contribution in [3.63, 3.8) is 0 Å². The molecule has 2 atom stereocenters. The minimum atomic E-state index is -1.48. The number of anilines is 1. The number of nitrogen functional groups attached to an aromatic ring is 1. The van der Waals surface area contributed by atoms with Crippen LogP contribution in [-0.4, -0.2) is 44.4 Å². The van der Waals surface area contributed by atoms with Gasteiger partial charge in [-0.15, -0.1) is 0 Å². The van der Waals surface area contributed by atoms with E-state index in [1.165, 1.54) is 12.3 Å². The first kappa shape index (κ1) is 12.6. The van der Waals surface area contributed by atoms with Gasteiger partial charge >= 0.3 is 5.69 Å². The van der Waals surface area contributed by atoms with Crippen LogP contribution in [0, 0.1) is 0 Å². The van der Waals surface area contributed by atoms with E-state index in [0.717, 1.165) is 4.57 Å². The number of hydrogen-bond donors (Lipinski definition) is 4. The Morgan fingerprint density at radius 3 is 2.69 bits per heavy atom. The second-order valence-electron chi connectivity index (χ2n) is 2.95. The van der Waals surface area contributed by atoms with Crippen molar-refractivity contribution < 1.29 is 20.1 Å². The van der Waals surface area contributed by atoms with E-state index in [1.54, 1.807) is 0 Å². The lowest BCUT2D eigenvalue weighted by atomic mass is 10.5. The first-order chi connectivity index (χ1) is 7.58. The third-order valence-electron chi connectivity index (χ3n) is 1.79. The van der Waals surface area contributed by atoms with E-state index in [9.17, 15) is 4.79 Å². The van der Waals surface area contributed by atoms with Crippen molar-refractivity contribution >= 4 is 5.82 Å². The van der Waals surface area contributed by atoms with Gasteiger partial charge in [0, 0.05) is 6.20 Å². The molecular formula is C8H13N3O5. The molecule has 0 saturated carbocycles. The Hall–Kier alpha value is -1.48. The molecule has 1 unspecified atom stereocenters. The predicted molar refractivity (Wildman–Crippen MR) is 53.2 cm³/mol. The third-order valence-corrected chi connectivity index (χ3v) is 1.79. The molecule has 90 valence electrons. The van der Waals surface area contributed by atoms with Gasteiger partial charge in [0.2, 0.25) is 0 Å². The van der Waals surface area contributed by atoms with Gasteiger partial charge in [0.1, 0.15) is 5.82 Å². The fourth-order valence-electron chi connectivity index (χ4n) is 1.07. The molecule has 0 bridgehead atoms. The van der Waals surface area contributed by atoms with E-state index >= 15 is 0 Å². The van der Waals surface area contributed by atoms with Crippen LogP contribution in [0.2, 0.25) is 0 Å². The molecule has 1 heterocycles. The SMILES string of the molecule is Nc1ccn([C@@H](CO)OC(O)CO)c(=O)n1. The highest BCUT2D eigenvalue weighted by Gasteiger charge is 2.16. The zero-order valence-corrected chi connectivity index (χ0v) is 8.35. The highest BCUT2D eigenvalue weighted by molar-refractivity contribution is 5.23. The van der Waals surface area contributed by atoms with Gasteiger partial charge < -0.3 is 25.8 Å². The van der Waals surface area contributed by atoms with E-state index < -0.39 is 31.4 Å². The van der Waals surface area contributed by atoms with Crippen LogP contribution in [0.5, 0.6) is 0 Å². The van der Waals surface area contributed by atoms with E-state index in [-0.39, 0.29) is 5.82 Å². The summed E-state index contributed by atoms with van der Waals surface area (Å²) in [6, 6.07) is 1.35. The number of rotatable bonds is 5. The van der Waals surface area contributed by atoms with Crippen LogP contribution < -0.4 is 11.4 Å². The largest absolute Gasteiger partial charge is 0.392 e. The molecule has 0 aromatic carbocycles. The molecule has 0 amide bonds. The highest BCUT2D eigenvalue weighted by atomic mass is 16.6. The normalized spacial score (nSPS) is 14.7. The molecule has 0 saturated heterocycles. The molecule has 1 rings (SSSR count). The summed E-state index contributed by atoms with van der Waals surface area (Å²) < 4.78 is 5.75. The smallest absolute Gasteiger partial charge is 0.351 e. The molecule has 0 aliphatic rings. The molecule has 8 nitrogen and oxygen atoms in total. The lowest BCUT2D eigenvalue weighted by molar-refractivity contribution is -0.189. The summed E-state index contributed by atoms with van der Waals surface area (Å²) >= 11 is 0. The molecule has 0 radical (unpaired) electrons. The Balaban J connectivity index is 2.91. The molecule has 1 aromatic rings. The molecule has 1 aromatic heterocycles. The molecule has 0 aliphatic carbocycles. The topological polar surface area (TPSA) is 131 Å². The van der Waals surface area contributed by atoms with E-state index in [0.29, 0.717) is 0 Å². The van der Waals surface area contributed by atoms with Gasteiger partial charge in [-0.25, -0.2) is 4.79 Å². The summed E-state index contributed by atoms with van der Waals surface area (Å²) in [6.07, 6.45) is -1.33. The standard InChI is InChI=1S/C8H13N3O5/c9-5-1-2-11(8(15)10-5)6(3-12)16-7(14)4-13/h1-2,6-7,12-14H,3-4H2,(H2,9,10,15)/t6-,7?/m1/s1. The van der Waals surface area contributed by atoms with Crippen molar-refractivity contribution in [2.75, 3.05) is 18.9 Å². The lowest BCUT2D eigenvalue weighted by Gasteiger charge is -2.20. The van der Waals surface area contributed by atoms with Crippen LogP contribution in [0.1, 0.15) is 6.23 Å². The summed E-state index contributed by atoms with van der Waals surface area (Å²) in [6.45, 7) is -1.20. The van der Waals surface area contributed by atoms with Crippen molar-refractivity contribution in [1.29, 1.82) is 0 Å². The monoisotopic (exact) mass is 231 g/mol. The Bertz CT molecular complexity index is 394. The molecule has 16 heavy (non-hydrogen) atoms. The molecular weight excluding hydrogens is 218 g/mol. The number of ether oxygens (including phenoxy) is 1. The van der Waals surface area contributed by atoms with Gasteiger partial charge in [-0.05, 0) is 6.07 Å². The average molecular weight is 231 g/mol. The average Bonchev–Trinajstić information content (AvgIpc) is 2.26. The number of aromatic nitrogens is 2. The van der Waals surface area contributed by atoms with Crippen LogP contribution in [0.15, 0.2) is 17.1 Å². The van der Waals surface area contributed by atoms with Crippen LogP contribution in [0.3, 0.4) is 0 Å². The zero-order chi connectivity index (χ0) is 12.1. The van der Waals surface area contributed by atoms with Crippen LogP contribution >= 0.6 is 0 Å². The maximum absolute atomic E-state index is 11.3. The Morgan fingerprint density at radius 2 is 2.19 bits per heavy atom. The number of hydrogen-bond acceptors (Lipinski definition) is 7. The van der Waals surface area contributed by atoms with Crippen LogP contribution in [0.4, 0.5) is 5.82 Å². The van der Waals surface area contributed by atoms with Crippen molar-refractivity contribution in [3.8, 4) is 0 Å². The lowest BCUT2D eigenvalue weighted by Crippen LogP contribution is -2.33. The highest BCUT2D eigenvalue weighted by Crippen LogP contribution is 2.07. The van der Waals surface area contributed by atoms with Crippen molar-refractivity contribution in [2.24, 2.45) is 0 Å². The summed E-state index contributed by atoms with van der Waals surface area (Å²) in [5.41, 5.74) is 4.56. The van der Waals surface area contributed by atoms with Crippen LogP contribution in [-0.2, 0) is 4.74 Å². The predicted octanol–water partition coefficient (Wildman–Crippen LogP) is -2.36. The molecule has 0 spiro atoms. The minimum Gasteiger partial charge on any atom is -0.392 e. The zero-order valence-electron chi connectivity index (χ0n) is 8.35. The van der Waals surface area contributed by atoms with Gasteiger partial charge in [0.25, 0.3) is 0 Å². The van der Waals surface area contributed by atoms with Crippen molar-refractivity contribution in [3.05, 3.63) is 22.7 Å². The Morgan fingerprint density at radius 1 is 1.50 bits per heavy atom. The van der Waals surface area contributed by atoms with Gasteiger partial charge in [-0.1, -0.05) is 0 Å². The van der Waals surface area contributed by atoms with Gasteiger partial charge in [-0.3, -0.25) is 4.57 Å². The first-order valence-electron chi connectivity index (χ1n) is 4.48. The fraction of sp³-hybridized carbons (Fsp3) is 0.500. The van der Waals surface area contributed by atoms with Crippen molar-refractivity contribution in [2.45, 2.75) is 12.5 Å². The summed E-state index contributed by atoms with van der Waals surface area (Å²) in [4.78, 5) is 14.8. The Kier molecular flexibility index (Phi) is 4.38. The van der Waals surface area contributed by atoms with Gasteiger partial charge in [0.15, 0.2) is 12.5 Å². The Labute approximate surface area is 90.5 Å². The molecule has 5 N–H and O–H groups in total. The van der Waals surface area contributed by atoms with E-state index in [4.69, 9.17) is 25.8 Å². The molecule has 8 heteroatoms. The maximum Gasteiger partial charge on any atom is 0.351 e. The van der Waals surface area contributed by atoms with Crippen molar-refractivity contribution in [1.82, 2.24) is 9.55 Å². The summed E-state index contributed by atoms with van der Waals surface area (Å²) in [7, 11) is 0. The summed E-state index contributed by atoms with van der Waals surface area (Å²) in [5.74, 6) is 0.0423. The van der Waals surface area contributed by atoms with E-state index in [2.05, 4.69) is 4.98 Å². The maximum atomic E-state index is 11.3. The number of aliphatic hydroxyl groups is 3. The van der Waals surface area contributed by atoms with Gasteiger partial charge in [-0.2, -0.15) is 4.98 Å². The molecule has 0 fully saturated rings. The quantitative estimate of drug-likeness (QED) is 0.417. The summed E-state index contributed by atoms with van der Waals surface area (Å²) in [5, 5.41) is 26.6.